The second kappa shape index (κ2) is 6.32. The van der Waals surface area contributed by atoms with Gasteiger partial charge in [0.05, 0.1) is 6.04 Å². The molecule has 0 bridgehead atoms. The normalized spacial score (nSPS) is 13.9. The highest BCUT2D eigenvalue weighted by Gasteiger charge is 2.34. The molecule has 0 spiro atoms. The molecule has 3 nitrogen and oxygen atoms in total. The lowest BCUT2D eigenvalue weighted by molar-refractivity contribution is 0.0910. The van der Waals surface area contributed by atoms with Crippen LogP contribution in [-0.2, 0) is 0 Å². The summed E-state index contributed by atoms with van der Waals surface area (Å²) in [5.74, 6) is 5.83. The molecule has 0 aromatic heterocycles. The zero-order valence-corrected chi connectivity index (χ0v) is 12.3. The zero-order chi connectivity index (χ0) is 13.8. The third kappa shape index (κ3) is 2.91. The van der Waals surface area contributed by atoms with Crippen molar-refractivity contribution in [2.24, 2.45) is 5.84 Å². The van der Waals surface area contributed by atoms with Crippen molar-refractivity contribution in [2.45, 2.75) is 46.2 Å². The monoisotopic (exact) mass is 249 g/mol. The van der Waals surface area contributed by atoms with E-state index in [1.165, 1.54) is 11.1 Å². The minimum atomic E-state index is -0.0234. The Kier molecular flexibility index (Phi) is 5.32. The van der Waals surface area contributed by atoms with Gasteiger partial charge in [0.25, 0.3) is 0 Å². The van der Waals surface area contributed by atoms with Gasteiger partial charge in [0, 0.05) is 5.54 Å². The van der Waals surface area contributed by atoms with Crippen LogP contribution >= 0.6 is 0 Å². The topological polar surface area (TPSA) is 41.3 Å². The highest BCUT2D eigenvalue weighted by molar-refractivity contribution is 5.31. The van der Waals surface area contributed by atoms with Gasteiger partial charge in [0.1, 0.15) is 0 Å². The number of nitrogens with one attached hydrogen (secondary N) is 1. The standard InChI is InChI=1S/C15H27N3/c1-6-18(7-2)15(4,5)14(17-16)13-11-9-8-10-12(13)3/h8-11,14,17H,6-7,16H2,1-5H3. The molecule has 1 aromatic rings. The third-order valence-corrected chi connectivity index (χ3v) is 3.95. The predicted octanol–water partition coefficient (Wildman–Crippen LogP) is 2.62. The minimum absolute atomic E-state index is 0.0234. The maximum absolute atomic E-state index is 5.83. The number of hydrogen-bond donors (Lipinski definition) is 2. The fourth-order valence-corrected chi connectivity index (χ4v) is 2.81. The number of nitrogens with two attached hydrogens (primary N) is 1. The Morgan fingerprint density at radius 1 is 1.22 bits per heavy atom. The molecule has 0 amide bonds. The van der Waals surface area contributed by atoms with E-state index in [0.717, 1.165) is 13.1 Å². The van der Waals surface area contributed by atoms with E-state index in [2.05, 4.69) is 69.2 Å². The van der Waals surface area contributed by atoms with Crippen LogP contribution in [0.25, 0.3) is 0 Å². The molecule has 0 radical (unpaired) electrons. The van der Waals surface area contributed by atoms with Gasteiger partial charge in [-0.15, -0.1) is 0 Å². The fraction of sp³-hybridized carbons (Fsp3) is 0.600. The van der Waals surface area contributed by atoms with Crippen LogP contribution in [0.2, 0.25) is 0 Å². The average Bonchev–Trinajstić information content (AvgIpc) is 2.33. The number of hydrogen-bond acceptors (Lipinski definition) is 3. The van der Waals surface area contributed by atoms with Gasteiger partial charge in [0.15, 0.2) is 0 Å². The third-order valence-electron chi connectivity index (χ3n) is 3.95. The van der Waals surface area contributed by atoms with Gasteiger partial charge in [-0.05, 0) is 45.0 Å². The molecule has 0 aliphatic heterocycles. The first kappa shape index (κ1) is 15.2. The van der Waals surface area contributed by atoms with Crippen molar-refractivity contribution in [2.75, 3.05) is 13.1 Å². The van der Waals surface area contributed by atoms with E-state index >= 15 is 0 Å². The van der Waals surface area contributed by atoms with Crippen LogP contribution in [0.15, 0.2) is 24.3 Å². The Balaban J connectivity index is 3.13. The average molecular weight is 249 g/mol. The number of nitrogens with zero attached hydrogens (tertiary/aromatic N) is 1. The molecule has 0 aliphatic carbocycles. The molecule has 0 saturated heterocycles. The maximum Gasteiger partial charge on any atom is 0.0641 e. The van der Waals surface area contributed by atoms with Gasteiger partial charge in [-0.25, -0.2) is 0 Å². The number of hydrazine groups is 1. The van der Waals surface area contributed by atoms with Gasteiger partial charge >= 0.3 is 0 Å². The fourth-order valence-electron chi connectivity index (χ4n) is 2.81. The second-order valence-corrected chi connectivity index (χ2v) is 5.28. The molecule has 1 aromatic carbocycles. The summed E-state index contributed by atoms with van der Waals surface area (Å²) in [5.41, 5.74) is 5.54. The number of benzene rings is 1. The number of likely N-dealkylation sites (N-methyl/N-ethyl adjacent to an activating group) is 1. The maximum atomic E-state index is 5.83. The smallest absolute Gasteiger partial charge is 0.0641 e. The van der Waals surface area contributed by atoms with Gasteiger partial charge in [-0.1, -0.05) is 38.1 Å². The lowest BCUT2D eigenvalue weighted by Crippen LogP contribution is -2.54. The predicted molar refractivity (Wildman–Crippen MR) is 78.2 cm³/mol. The summed E-state index contributed by atoms with van der Waals surface area (Å²) in [4.78, 5) is 2.43. The molecule has 3 N–H and O–H groups in total. The van der Waals surface area contributed by atoms with E-state index in [4.69, 9.17) is 5.84 Å². The van der Waals surface area contributed by atoms with Crippen LogP contribution in [0.1, 0.15) is 44.9 Å². The number of aryl methyl sites for hydroxylation is 1. The van der Waals surface area contributed by atoms with Crippen molar-refractivity contribution in [3.05, 3.63) is 35.4 Å². The SMILES string of the molecule is CCN(CC)C(C)(C)C(NN)c1ccccc1C. The Bertz CT molecular complexity index is 370. The molecule has 1 unspecified atom stereocenters. The molecule has 1 atom stereocenters. The molecule has 1 rings (SSSR count). The van der Waals surface area contributed by atoms with Crippen molar-refractivity contribution in [3.8, 4) is 0 Å². The van der Waals surface area contributed by atoms with E-state index in [-0.39, 0.29) is 11.6 Å². The molecular formula is C15H27N3. The van der Waals surface area contributed by atoms with Gasteiger partial charge < -0.3 is 0 Å². The van der Waals surface area contributed by atoms with Crippen LogP contribution in [-0.4, -0.2) is 23.5 Å². The molecule has 3 heteroatoms. The minimum Gasteiger partial charge on any atom is -0.297 e. The largest absolute Gasteiger partial charge is 0.297 e. The first-order valence-corrected chi connectivity index (χ1v) is 6.75. The van der Waals surface area contributed by atoms with E-state index in [1.807, 2.05) is 0 Å². The van der Waals surface area contributed by atoms with Crippen LogP contribution < -0.4 is 11.3 Å². The highest BCUT2D eigenvalue weighted by atomic mass is 15.3. The Hall–Kier alpha value is -0.900. The summed E-state index contributed by atoms with van der Waals surface area (Å²) in [5, 5.41) is 0. The molecular weight excluding hydrogens is 222 g/mol. The van der Waals surface area contributed by atoms with E-state index in [9.17, 15) is 0 Å². The van der Waals surface area contributed by atoms with Crippen molar-refractivity contribution in [1.29, 1.82) is 0 Å². The van der Waals surface area contributed by atoms with Crippen molar-refractivity contribution in [1.82, 2.24) is 10.3 Å². The Morgan fingerprint density at radius 2 is 1.78 bits per heavy atom. The first-order valence-electron chi connectivity index (χ1n) is 6.75. The number of rotatable bonds is 6. The summed E-state index contributed by atoms with van der Waals surface area (Å²) < 4.78 is 0. The van der Waals surface area contributed by atoms with E-state index < -0.39 is 0 Å². The Labute approximate surface area is 111 Å². The first-order chi connectivity index (χ1) is 8.48. The summed E-state index contributed by atoms with van der Waals surface area (Å²) >= 11 is 0. The molecule has 0 heterocycles. The highest BCUT2D eigenvalue weighted by Crippen LogP contribution is 2.31. The van der Waals surface area contributed by atoms with Gasteiger partial charge in [-0.2, -0.15) is 0 Å². The lowest BCUT2D eigenvalue weighted by Gasteiger charge is -2.43. The molecule has 102 valence electrons. The molecule has 0 fully saturated rings. The van der Waals surface area contributed by atoms with Gasteiger partial charge in [-0.3, -0.25) is 16.2 Å². The van der Waals surface area contributed by atoms with Gasteiger partial charge in [0.2, 0.25) is 0 Å². The molecule has 0 saturated carbocycles. The van der Waals surface area contributed by atoms with E-state index in [0.29, 0.717) is 0 Å². The van der Waals surface area contributed by atoms with Crippen LogP contribution in [0.4, 0.5) is 0 Å². The summed E-state index contributed by atoms with van der Waals surface area (Å²) in [7, 11) is 0. The summed E-state index contributed by atoms with van der Waals surface area (Å²) in [6.07, 6.45) is 0. The lowest BCUT2D eigenvalue weighted by atomic mass is 9.85. The molecule has 0 aliphatic rings. The zero-order valence-electron chi connectivity index (χ0n) is 12.3. The van der Waals surface area contributed by atoms with Crippen LogP contribution in [0.3, 0.4) is 0 Å². The van der Waals surface area contributed by atoms with E-state index in [1.54, 1.807) is 0 Å². The summed E-state index contributed by atoms with van der Waals surface area (Å²) in [6.45, 7) is 13.1. The van der Waals surface area contributed by atoms with Crippen LogP contribution in [0.5, 0.6) is 0 Å². The Morgan fingerprint density at radius 3 is 2.22 bits per heavy atom. The second-order valence-electron chi connectivity index (χ2n) is 5.28. The molecule has 18 heavy (non-hydrogen) atoms. The van der Waals surface area contributed by atoms with Crippen LogP contribution in [0, 0.1) is 6.92 Å². The van der Waals surface area contributed by atoms with Crippen molar-refractivity contribution < 1.29 is 0 Å². The summed E-state index contributed by atoms with van der Waals surface area (Å²) in [6, 6.07) is 8.56. The van der Waals surface area contributed by atoms with Crippen molar-refractivity contribution >= 4 is 0 Å². The quantitative estimate of drug-likeness (QED) is 0.601. The van der Waals surface area contributed by atoms with Crippen molar-refractivity contribution in [3.63, 3.8) is 0 Å².